The number of aryl methyl sites for hydroxylation is 1. The van der Waals surface area contributed by atoms with Gasteiger partial charge in [0.15, 0.2) is 20.6 Å². The van der Waals surface area contributed by atoms with Crippen LogP contribution in [-0.4, -0.2) is 41.6 Å². The van der Waals surface area contributed by atoms with Crippen molar-refractivity contribution < 1.29 is 13.2 Å². The molecule has 2 heterocycles. The van der Waals surface area contributed by atoms with E-state index in [1.807, 2.05) is 35.6 Å². The first-order valence-electron chi connectivity index (χ1n) is 8.73. The maximum atomic E-state index is 12.5. The van der Waals surface area contributed by atoms with E-state index in [-0.39, 0.29) is 5.75 Å². The zero-order chi connectivity index (χ0) is 19.7. The number of rotatable bonds is 6. The van der Waals surface area contributed by atoms with Gasteiger partial charge in [0, 0.05) is 17.2 Å². The van der Waals surface area contributed by atoms with E-state index in [1.54, 1.807) is 37.4 Å². The molecule has 0 saturated heterocycles. The molecule has 28 heavy (non-hydrogen) atoms. The topological polar surface area (TPSA) is 73.6 Å². The Morgan fingerprint density at radius 3 is 2.61 bits per heavy atom. The monoisotopic (exact) mass is 413 g/mol. The van der Waals surface area contributed by atoms with Crippen molar-refractivity contribution in [3.63, 3.8) is 0 Å². The summed E-state index contributed by atoms with van der Waals surface area (Å²) in [4.78, 5) is 0.340. The average Bonchev–Trinajstić information content (AvgIpc) is 3.11. The van der Waals surface area contributed by atoms with Gasteiger partial charge in [0.1, 0.15) is 5.75 Å². The van der Waals surface area contributed by atoms with Crippen molar-refractivity contribution in [2.24, 2.45) is 0 Å². The molecule has 0 aliphatic carbocycles. The number of fused-ring (bicyclic) bond motifs is 3. The summed E-state index contributed by atoms with van der Waals surface area (Å²) in [6.45, 7) is 2.03. The van der Waals surface area contributed by atoms with Crippen LogP contribution < -0.4 is 4.74 Å². The Morgan fingerprint density at radius 1 is 1.07 bits per heavy atom. The number of nitrogens with zero attached hydrogens (tertiary/aromatic N) is 3. The van der Waals surface area contributed by atoms with Crippen LogP contribution >= 0.6 is 11.8 Å². The van der Waals surface area contributed by atoms with Gasteiger partial charge in [0.05, 0.1) is 23.3 Å². The fourth-order valence-electron chi connectivity index (χ4n) is 3.11. The molecule has 0 spiro atoms. The van der Waals surface area contributed by atoms with E-state index in [2.05, 4.69) is 10.2 Å². The third-order valence-electron chi connectivity index (χ3n) is 4.56. The van der Waals surface area contributed by atoms with E-state index in [0.717, 1.165) is 27.9 Å². The molecule has 144 valence electrons. The van der Waals surface area contributed by atoms with Crippen molar-refractivity contribution in [2.45, 2.75) is 17.0 Å². The van der Waals surface area contributed by atoms with E-state index in [9.17, 15) is 8.42 Å². The lowest BCUT2D eigenvalue weighted by atomic mass is 10.1. The van der Waals surface area contributed by atoms with Gasteiger partial charge in [0.25, 0.3) is 0 Å². The maximum absolute atomic E-state index is 12.5. The number of benzene rings is 2. The predicted octanol–water partition coefficient (Wildman–Crippen LogP) is 3.77. The Morgan fingerprint density at radius 2 is 1.86 bits per heavy atom. The van der Waals surface area contributed by atoms with Crippen molar-refractivity contribution in [2.75, 3.05) is 18.6 Å². The van der Waals surface area contributed by atoms with Gasteiger partial charge in [0.2, 0.25) is 0 Å². The first kappa shape index (κ1) is 18.8. The highest BCUT2D eigenvalue weighted by molar-refractivity contribution is 8.00. The summed E-state index contributed by atoms with van der Waals surface area (Å²) >= 11 is 1.38. The summed E-state index contributed by atoms with van der Waals surface area (Å²) in [7, 11) is -1.70. The average molecular weight is 414 g/mol. The molecule has 4 aromatic rings. The van der Waals surface area contributed by atoms with Crippen LogP contribution in [0.3, 0.4) is 0 Å². The minimum absolute atomic E-state index is 0.0315. The van der Waals surface area contributed by atoms with Crippen LogP contribution in [0, 0.1) is 6.92 Å². The molecule has 0 radical (unpaired) electrons. The van der Waals surface area contributed by atoms with E-state index in [4.69, 9.17) is 4.74 Å². The number of sulfone groups is 1. The third-order valence-corrected chi connectivity index (χ3v) is 7.48. The van der Waals surface area contributed by atoms with Crippen LogP contribution in [0.25, 0.3) is 16.6 Å². The first-order valence-corrected chi connectivity index (χ1v) is 11.4. The molecule has 2 aromatic heterocycles. The SMILES string of the molecule is COc1ccc2c(C)cc3nnc(SCCS(=O)(=O)c4ccccc4)n3c2c1. The number of hydrogen-bond donors (Lipinski definition) is 0. The highest BCUT2D eigenvalue weighted by Crippen LogP contribution is 2.28. The molecule has 0 atom stereocenters. The number of methoxy groups -OCH3 is 1. The minimum Gasteiger partial charge on any atom is -0.497 e. The Labute approximate surface area is 167 Å². The molecule has 0 saturated carbocycles. The molecule has 0 aliphatic heterocycles. The Balaban J connectivity index is 1.65. The van der Waals surface area contributed by atoms with Crippen LogP contribution in [0.1, 0.15) is 5.56 Å². The summed E-state index contributed by atoms with van der Waals surface area (Å²) < 4.78 is 32.3. The van der Waals surface area contributed by atoms with Gasteiger partial charge in [-0.1, -0.05) is 30.0 Å². The molecule has 0 fully saturated rings. The summed E-state index contributed by atoms with van der Waals surface area (Å²) in [5, 5.41) is 10.3. The number of ether oxygens (including phenoxy) is 1. The van der Waals surface area contributed by atoms with Crippen molar-refractivity contribution in [1.82, 2.24) is 14.6 Å². The second-order valence-corrected chi connectivity index (χ2v) is 9.54. The number of pyridine rings is 1. The lowest BCUT2D eigenvalue weighted by molar-refractivity contribution is 0.415. The molecule has 0 N–H and O–H groups in total. The van der Waals surface area contributed by atoms with E-state index < -0.39 is 9.84 Å². The van der Waals surface area contributed by atoms with Gasteiger partial charge in [-0.05, 0) is 42.8 Å². The molecule has 4 rings (SSSR count). The normalized spacial score (nSPS) is 11.9. The molecular formula is C20H19N3O3S2. The lowest BCUT2D eigenvalue weighted by Crippen LogP contribution is -2.09. The second kappa shape index (κ2) is 7.44. The van der Waals surface area contributed by atoms with Crippen molar-refractivity contribution in [3.8, 4) is 5.75 Å². The summed E-state index contributed by atoms with van der Waals surface area (Å²) in [6, 6.07) is 16.4. The van der Waals surface area contributed by atoms with Crippen molar-refractivity contribution >= 4 is 38.1 Å². The van der Waals surface area contributed by atoms with Gasteiger partial charge in [-0.2, -0.15) is 0 Å². The fraction of sp³-hybridized carbons (Fsp3) is 0.200. The number of thioether (sulfide) groups is 1. The van der Waals surface area contributed by atoms with Crippen LogP contribution in [0.15, 0.2) is 64.6 Å². The minimum atomic E-state index is -3.32. The largest absolute Gasteiger partial charge is 0.497 e. The summed E-state index contributed by atoms with van der Waals surface area (Å²) in [5.74, 6) is 1.16. The highest BCUT2D eigenvalue weighted by Gasteiger charge is 2.16. The van der Waals surface area contributed by atoms with E-state index in [0.29, 0.717) is 15.8 Å². The molecule has 0 unspecified atom stereocenters. The summed E-state index contributed by atoms with van der Waals surface area (Å²) in [6.07, 6.45) is 0. The maximum Gasteiger partial charge on any atom is 0.196 e. The van der Waals surface area contributed by atoms with Crippen molar-refractivity contribution in [3.05, 3.63) is 60.2 Å². The predicted molar refractivity (Wildman–Crippen MR) is 111 cm³/mol. The van der Waals surface area contributed by atoms with E-state index >= 15 is 0 Å². The third kappa shape index (κ3) is 3.45. The zero-order valence-electron chi connectivity index (χ0n) is 15.5. The van der Waals surface area contributed by atoms with Crippen LogP contribution in [0.4, 0.5) is 0 Å². The van der Waals surface area contributed by atoms with Crippen molar-refractivity contribution in [1.29, 1.82) is 0 Å². The van der Waals surface area contributed by atoms with Crippen LogP contribution in [-0.2, 0) is 9.84 Å². The lowest BCUT2D eigenvalue weighted by Gasteiger charge is -2.09. The Kier molecular flexibility index (Phi) is 4.99. The molecule has 2 aromatic carbocycles. The van der Waals surface area contributed by atoms with E-state index in [1.165, 1.54) is 11.8 Å². The smallest absolute Gasteiger partial charge is 0.196 e. The molecule has 0 bridgehead atoms. The Bertz CT molecular complexity index is 1250. The van der Waals surface area contributed by atoms with Crippen LogP contribution in [0.5, 0.6) is 5.75 Å². The highest BCUT2D eigenvalue weighted by atomic mass is 32.2. The fourth-order valence-corrected chi connectivity index (χ4v) is 5.73. The van der Waals surface area contributed by atoms with Gasteiger partial charge in [-0.25, -0.2) is 8.42 Å². The van der Waals surface area contributed by atoms with Crippen LogP contribution in [0.2, 0.25) is 0 Å². The van der Waals surface area contributed by atoms with Gasteiger partial charge in [-0.15, -0.1) is 10.2 Å². The zero-order valence-corrected chi connectivity index (χ0v) is 17.1. The Hall–Kier alpha value is -2.58. The summed E-state index contributed by atoms with van der Waals surface area (Å²) in [5.41, 5.74) is 2.76. The molecular weight excluding hydrogens is 394 g/mol. The van der Waals surface area contributed by atoms with Gasteiger partial charge in [-0.3, -0.25) is 4.40 Å². The number of hydrogen-bond acceptors (Lipinski definition) is 6. The molecule has 0 amide bonds. The molecule has 8 heteroatoms. The van der Waals surface area contributed by atoms with Gasteiger partial charge < -0.3 is 4.74 Å². The van der Waals surface area contributed by atoms with Gasteiger partial charge >= 0.3 is 0 Å². The molecule has 6 nitrogen and oxygen atoms in total. The molecule has 0 aliphatic rings. The second-order valence-electron chi connectivity index (χ2n) is 6.37. The quantitative estimate of drug-likeness (QED) is 0.448. The number of aromatic nitrogens is 3. The first-order chi connectivity index (χ1) is 13.5. The standard InChI is InChI=1S/C20H19N3O3S2/c1-14-12-19-21-22-20(23(19)18-13-15(26-2)8-9-17(14)18)27-10-11-28(24,25)16-6-4-3-5-7-16/h3-9,12-13H,10-11H2,1-2H3.